The lowest BCUT2D eigenvalue weighted by atomic mass is 10.2. The zero-order valence-corrected chi connectivity index (χ0v) is 11.2. The molecule has 0 aliphatic rings. The molecule has 0 amide bonds. The molecule has 0 aliphatic heterocycles. The number of halogens is 1. The summed E-state index contributed by atoms with van der Waals surface area (Å²) in [6.45, 7) is 3.55. The van der Waals surface area contributed by atoms with Crippen molar-refractivity contribution in [1.82, 2.24) is 4.98 Å². The molecule has 0 spiro atoms. The first-order valence-electron chi connectivity index (χ1n) is 5.52. The van der Waals surface area contributed by atoms with E-state index in [1.807, 2.05) is 6.92 Å². The highest BCUT2D eigenvalue weighted by Crippen LogP contribution is 2.33. The van der Waals surface area contributed by atoms with E-state index >= 15 is 0 Å². The van der Waals surface area contributed by atoms with E-state index in [9.17, 15) is 9.50 Å². The highest BCUT2D eigenvalue weighted by molar-refractivity contribution is 7.15. The lowest BCUT2D eigenvalue weighted by molar-refractivity contribution is 0.202. The summed E-state index contributed by atoms with van der Waals surface area (Å²) in [4.78, 5) is 5.21. The molecule has 1 unspecified atom stereocenters. The molecule has 0 saturated carbocycles. The Morgan fingerprint density at radius 2 is 2.17 bits per heavy atom. The molecule has 1 aromatic heterocycles. The zero-order valence-electron chi connectivity index (χ0n) is 10.4. The van der Waals surface area contributed by atoms with Gasteiger partial charge in [0.15, 0.2) is 11.6 Å². The number of aromatic nitrogens is 1. The topological polar surface area (TPSA) is 42.4 Å². The molecule has 1 aromatic carbocycles. The number of aryl methyl sites for hydroxylation is 1. The molecular formula is C13H14FNO2S. The second-order valence-electron chi connectivity index (χ2n) is 3.99. The lowest BCUT2D eigenvalue weighted by Gasteiger charge is -2.03. The average molecular weight is 267 g/mol. The Labute approximate surface area is 109 Å². The second kappa shape index (κ2) is 5.04. The fraction of sp³-hybridized carbons (Fsp3) is 0.308. The number of ether oxygens (including phenoxy) is 1. The van der Waals surface area contributed by atoms with E-state index in [2.05, 4.69) is 4.98 Å². The molecule has 2 aromatic rings. The molecule has 5 heteroatoms. The molecule has 1 heterocycles. The average Bonchev–Trinajstić information content (AvgIpc) is 2.72. The Bertz CT molecular complexity index is 566. The fourth-order valence-corrected chi connectivity index (χ4v) is 2.71. The molecule has 2 rings (SSSR count). The van der Waals surface area contributed by atoms with Gasteiger partial charge in [0.2, 0.25) is 0 Å². The van der Waals surface area contributed by atoms with Crippen molar-refractivity contribution >= 4 is 11.3 Å². The molecule has 0 radical (unpaired) electrons. The number of hydrogen-bond acceptors (Lipinski definition) is 4. The molecule has 0 fully saturated rings. The molecule has 0 aliphatic carbocycles. The van der Waals surface area contributed by atoms with Crippen LogP contribution in [0.1, 0.15) is 23.6 Å². The minimum atomic E-state index is -0.543. The Morgan fingerprint density at radius 3 is 2.72 bits per heavy atom. The maximum atomic E-state index is 13.3. The molecule has 3 nitrogen and oxygen atoms in total. The Morgan fingerprint density at radius 1 is 1.44 bits per heavy atom. The fourth-order valence-electron chi connectivity index (χ4n) is 1.71. The molecule has 18 heavy (non-hydrogen) atoms. The highest BCUT2D eigenvalue weighted by Gasteiger charge is 2.14. The van der Waals surface area contributed by atoms with Gasteiger partial charge in [-0.25, -0.2) is 9.37 Å². The molecule has 1 N–H and O–H groups in total. The molecular weight excluding hydrogens is 253 g/mol. The summed E-state index contributed by atoms with van der Waals surface area (Å²) in [5.41, 5.74) is 1.58. The zero-order chi connectivity index (χ0) is 13.3. The SMILES string of the molecule is COc1cc(-c2nc(C)c(C(C)O)s2)ccc1F. The van der Waals surface area contributed by atoms with Gasteiger partial charge in [-0.15, -0.1) is 11.3 Å². The first-order valence-corrected chi connectivity index (χ1v) is 6.34. The predicted octanol–water partition coefficient (Wildman–Crippen LogP) is 3.32. The maximum Gasteiger partial charge on any atom is 0.165 e. The van der Waals surface area contributed by atoms with E-state index in [1.165, 1.54) is 24.5 Å². The third-order valence-electron chi connectivity index (χ3n) is 2.61. The van der Waals surface area contributed by atoms with E-state index in [0.717, 1.165) is 21.1 Å². The Balaban J connectivity index is 2.45. The van der Waals surface area contributed by atoms with Gasteiger partial charge >= 0.3 is 0 Å². The van der Waals surface area contributed by atoms with E-state index in [-0.39, 0.29) is 5.75 Å². The largest absolute Gasteiger partial charge is 0.494 e. The van der Waals surface area contributed by atoms with Crippen LogP contribution < -0.4 is 4.74 Å². The van der Waals surface area contributed by atoms with Gasteiger partial charge in [0.1, 0.15) is 5.01 Å². The van der Waals surface area contributed by atoms with Crippen molar-refractivity contribution in [1.29, 1.82) is 0 Å². The van der Waals surface area contributed by atoms with Crippen LogP contribution in [-0.4, -0.2) is 17.2 Å². The second-order valence-corrected chi connectivity index (χ2v) is 5.02. The first kappa shape index (κ1) is 13.0. The number of aliphatic hydroxyl groups excluding tert-OH is 1. The molecule has 96 valence electrons. The summed E-state index contributed by atoms with van der Waals surface area (Å²) in [7, 11) is 1.43. The smallest absolute Gasteiger partial charge is 0.165 e. The number of thiazole rings is 1. The number of aliphatic hydroxyl groups is 1. The number of methoxy groups -OCH3 is 1. The quantitative estimate of drug-likeness (QED) is 0.927. The Hall–Kier alpha value is -1.46. The maximum absolute atomic E-state index is 13.3. The summed E-state index contributed by atoms with van der Waals surface area (Å²) < 4.78 is 18.3. The third-order valence-corrected chi connectivity index (χ3v) is 3.99. The monoisotopic (exact) mass is 267 g/mol. The first-order chi connectivity index (χ1) is 8.52. The summed E-state index contributed by atoms with van der Waals surface area (Å²) in [5, 5.41) is 10.3. The van der Waals surface area contributed by atoms with Crippen LogP contribution in [0.4, 0.5) is 4.39 Å². The van der Waals surface area contributed by atoms with Crippen molar-refractivity contribution in [3.05, 3.63) is 34.6 Å². The molecule has 1 atom stereocenters. The van der Waals surface area contributed by atoms with Crippen LogP contribution >= 0.6 is 11.3 Å². The number of benzene rings is 1. The molecule has 0 saturated heterocycles. The van der Waals surface area contributed by atoms with Crippen molar-refractivity contribution in [2.75, 3.05) is 7.11 Å². The van der Waals surface area contributed by atoms with E-state index < -0.39 is 11.9 Å². The summed E-state index contributed by atoms with van der Waals surface area (Å²) in [6, 6.07) is 4.62. The van der Waals surface area contributed by atoms with Gasteiger partial charge < -0.3 is 9.84 Å². The molecule has 0 bridgehead atoms. The van der Waals surface area contributed by atoms with Crippen LogP contribution in [0.5, 0.6) is 5.75 Å². The summed E-state index contributed by atoms with van der Waals surface area (Å²) >= 11 is 1.41. The van der Waals surface area contributed by atoms with Crippen molar-refractivity contribution < 1.29 is 14.2 Å². The minimum Gasteiger partial charge on any atom is -0.494 e. The van der Waals surface area contributed by atoms with Gasteiger partial charge in [-0.05, 0) is 32.0 Å². The minimum absolute atomic E-state index is 0.193. The van der Waals surface area contributed by atoms with Crippen molar-refractivity contribution in [3.63, 3.8) is 0 Å². The van der Waals surface area contributed by atoms with Gasteiger partial charge in [0.25, 0.3) is 0 Å². The standard InChI is InChI=1S/C13H14FNO2S/c1-7-12(8(2)16)18-13(15-7)9-4-5-10(14)11(6-9)17-3/h4-6,8,16H,1-3H3. The van der Waals surface area contributed by atoms with Crippen LogP contribution in [0.25, 0.3) is 10.6 Å². The number of hydrogen-bond donors (Lipinski definition) is 1. The van der Waals surface area contributed by atoms with Gasteiger partial charge in [-0.3, -0.25) is 0 Å². The van der Waals surface area contributed by atoms with E-state index in [0.29, 0.717) is 0 Å². The van der Waals surface area contributed by atoms with Gasteiger partial charge in [-0.1, -0.05) is 0 Å². The predicted molar refractivity (Wildman–Crippen MR) is 69.4 cm³/mol. The van der Waals surface area contributed by atoms with Gasteiger partial charge in [0, 0.05) is 5.56 Å². The normalized spacial score (nSPS) is 12.5. The Kier molecular flexibility index (Phi) is 3.63. The van der Waals surface area contributed by atoms with Crippen molar-refractivity contribution in [3.8, 4) is 16.3 Å². The summed E-state index contributed by atoms with van der Waals surface area (Å²) in [5.74, 6) is -0.204. The summed E-state index contributed by atoms with van der Waals surface area (Å²) in [6.07, 6.45) is -0.543. The van der Waals surface area contributed by atoms with Crippen LogP contribution in [0, 0.1) is 12.7 Å². The number of nitrogens with zero attached hydrogens (tertiary/aromatic N) is 1. The van der Waals surface area contributed by atoms with Crippen molar-refractivity contribution in [2.24, 2.45) is 0 Å². The van der Waals surface area contributed by atoms with Gasteiger partial charge in [0.05, 0.1) is 23.8 Å². The van der Waals surface area contributed by atoms with Gasteiger partial charge in [-0.2, -0.15) is 0 Å². The van der Waals surface area contributed by atoms with Crippen molar-refractivity contribution in [2.45, 2.75) is 20.0 Å². The lowest BCUT2D eigenvalue weighted by Crippen LogP contribution is -1.89. The van der Waals surface area contributed by atoms with Crippen LogP contribution in [0.15, 0.2) is 18.2 Å². The van der Waals surface area contributed by atoms with Crippen LogP contribution in [0.3, 0.4) is 0 Å². The third kappa shape index (κ3) is 2.37. The highest BCUT2D eigenvalue weighted by atomic mass is 32.1. The van der Waals surface area contributed by atoms with E-state index in [4.69, 9.17) is 4.74 Å². The van der Waals surface area contributed by atoms with Crippen LogP contribution in [0.2, 0.25) is 0 Å². The number of rotatable bonds is 3. The van der Waals surface area contributed by atoms with Crippen LogP contribution in [-0.2, 0) is 0 Å². The van der Waals surface area contributed by atoms with E-state index in [1.54, 1.807) is 19.1 Å².